The van der Waals surface area contributed by atoms with Crippen molar-refractivity contribution in [2.24, 2.45) is 5.92 Å². The largest absolute Gasteiger partial charge is 0.400 e. The molecule has 2 rings (SSSR count). The average molecular weight is 144 g/mol. The number of aliphatic hydroxyl groups excluding tert-OH is 1. The first-order valence-electron chi connectivity index (χ1n) is 3.96. The fraction of sp³-hybridized carbons (Fsp3) is 1.00. The van der Waals surface area contributed by atoms with Crippen molar-refractivity contribution in [3.05, 3.63) is 0 Å². The molecular weight excluding hydrogens is 128 g/mol. The van der Waals surface area contributed by atoms with Crippen LogP contribution in [0.5, 0.6) is 0 Å². The quantitative estimate of drug-likeness (QED) is 0.530. The van der Waals surface area contributed by atoms with Crippen LogP contribution < -0.4 is 0 Å². The lowest BCUT2D eigenvalue weighted by atomic mass is 9.98. The van der Waals surface area contributed by atoms with E-state index >= 15 is 0 Å². The first-order chi connectivity index (χ1) is 4.79. The Hall–Kier alpha value is -0.0800. The molecule has 0 spiro atoms. The van der Waals surface area contributed by atoms with Crippen molar-refractivity contribution in [1.29, 1.82) is 0 Å². The van der Waals surface area contributed by atoms with Gasteiger partial charge >= 0.3 is 0 Å². The Labute approximate surface area is 61.9 Å². The molecule has 0 aromatic rings. The molecule has 2 fully saturated rings. The van der Waals surface area contributed by atoms with Crippen molar-refractivity contribution < 1.29 is 10.2 Å². The summed E-state index contributed by atoms with van der Waals surface area (Å²) in [4.78, 5) is 0. The molecular formula is C8H16O2. The summed E-state index contributed by atoms with van der Waals surface area (Å²) in [7, 11) is 1.00. The van der Waals surface area contributed by atoms with E-state index in [1.807, 2.05) is 0 Å². The summed E-state index contributed by atoms with van der Waals surface area (Å²) in [5, 5.41) is 16.5. The Balaban J connectivity index is 0.000000231. The normalized spacial score (nSPS) is 42.9. The molecule has 2 aliphatic rings. The van der Waals surface area contributed by atoms with Gasteiger partial charge in [0.05, 0.1) is 5.60 Å². The van der Waals surface area contributed by atoms with Gasteiger partial charge < -0.3 is 10.2 Å². The van der Waals surface area contributed by atoms with Crippen LogP contribution in [-0.2, 0) is 0 Å². The van der Waals surface area contributed by atoms with E-state index in [0.717, 1.165) is 32.3 Å². The summed E-state index contributed by atoms with van der Waals surface area (Å²) in [5.74, 6) is 0.889. The maximum atomic E-state index is 9.54. The smallest absolute Gasteiger partial charge is 0.0650 e. The molecule has 60 valence electrons. The van der Waals surface area contributed by atoms with E-state index in [9.17, 15) is 5.11 Å². The van der Waals surface area contributed by atoms with Gasteiger partial charge in [0.25, 0.3) is 0 Å². The minimum atomic E-state index is -0.190. The molecule has 2 nitrogen and oxygen atoms in total. The third-order valence-electron chi connectivity index (χ3n) is 2.70. The van der Waals surface area contributed by atoms with Gasteiger partial charge in [-0.05, 0) is 38.0 Å². The van der Waals surface area contributed by atoms with Gasteiger partial charge in [-0.2, -0.15) is 0 Å². The number of hydrogen-bond donors (Lipinski definition) is 2. The minimum absolute atomic E-state index is 0.190. The van der Waals surface area contributed by atoms with E-state index in [-0.39, 0.29) is 5.60 Å². The van der Waals surface area contributed by atoms with Crippen LogP contribution in [0, 0.1) is 5.92 Å². The fourth-order valence-corrected chi connectivity index (χ4v) is 2.16. The van der Waals surface area contributed by atoms with Crippen molar-refractivity contribution in [3.63, 3.8) is 0 Å². The molecule has 2 aliphatic carbocycles. The van der Waals surface area contributed by atoms with Crippen molar-refractivity contribution in [2.45, 2.75) is 37.7 Å². The summed E-state index contributed by atoms with van der Waals surface area (Å²) in [6.45, 7) is 0. The van der Waals surface area contributed by atoms with Crippen LogP contribution in [0.2, 0.25) is 0 Å². The number of hydrogen-bond acceptors (Lipinski definition) is 2. The lowest BCUT2D eigenvalue weighted by Gasteiger charge is -2.17. The first-order valence-corrected chi connectivity index (χ1v) is 3.96. The number of rotatable bonds is 0. The topological polar surface area (TPSA) is 40.5 Å². The Bertz CT molecular complexity index is 104. The molecule has 0 radical (unpaired) electrons. The molecule has 2 saturated carbocycles. The monoisotopic (exact) mass is 144 g/mol. The molecule has 0 atom stereocenters. The molecule has 0 heterocycles. The summed E-state index contributed by atoms with van der Waals surface area (Å²) in [6, 6.07) is 0. The van der Waals surface area contributed by atoms with E-state index < -0.39 is 0 Å². The highest BCUT2D eigenvalue weighted by Crippen LogP contribution is 2.47. The van der Waals surface area contributed by atoms with Crippen LogP contribution >= 0.6 is 0 Å². The number of aliphatic hydroxyl groups is 2. The third kappa shape index (κ3) is 1.32. The SMILES string of the molecule is CO.OC12CCC(CC1)C2. The molecule has 0 saturated heterocycles. The maximum absolute atomic E-state index is 9.54. The highest BCUT2D eigenvalue weighted by atomic mass is 16.3. The zero-order chi connectivity index (χ0) is 7.61. The summed E-state index contributed by atoms with van der Waals surface area (Å²) < 4.78 is 0. The Morgan fingerprint density at radius 2 is 1.70 bits per heavy atom. The van der Waals surface area contributed by atoms with Gasteiger partial charge in [-0.25, -0.2) is 0 Å². The first kappa shape index (κ1) is 8.02. The second kappa shape index (κ2) is 2.89. The van der Waals surface area contributed by atoms with Crippen LogP contribution in [0.25, 0.3) is 0 Å². The maximum Gasteiger partial charge on any atom is 0.0650 e. The van der Waals surface area contributed by atoms with Gasteiger partial charge in [0.15, 0.2) is 0 Å². The Kier molecular flexibility index (Phi) is 2.32. The van der Waals surface area contributed by atoms with E-state index in [2.05, 4.69) is 0 Å². The van der Waals surface area contributed by atoms with Crippen LogP contribution in [0.1, 0.15) is 32.1 Å². The van der Waals surface area contributed by atoms with Gasteiger partial charge in [0.2, 0.25) is 0 Å². The van der Waals surface area contributed by atoms with E-state index in [1.54, 1.807) is 0 Å². The molecule has 2 heteroatoms. The Morgan fingerprint density at radius 1 is 1.20 bits per heavy atom. The average Bonchev–Trinajstić information content (AvgIpc) is 2.49. The predicted octanol–water partition coefficient (Wildman–Crippen LogP) is 0.920. The molecule has 0 amide bonds. The third-order valence-corrected chi connectivity index (χ3v) is 2.70. The molecule has 2 N–H and O–H groups in total. The fourth-order valence-electron chi connectivity index (χ4n) is 2.16. The predicted molar refractivity (Wildman–Crippen MR) is 39.7 cm³/mol. The minimum Gasteiger partial charge on any atom is -0.400 e. The summed E-state index contributed by atoms with van der Waals surface area (Å²) in [6.07, 6.45) is 5.84. The molecule has 0 aromatic carbocycles. The number of fused-ring (bicyclic) bond motifs is 2. The zero-order valence-corrected chi connectivity index (χ0v) is 6.51. The lowest BCUT2D eigenvalue weighted by Crippen LogP contribution is -2.20. The summed E-state index contributed by atoms with van der Waals surface area (Å²) >= 11 is 0. The van der Waals surface area contributed by atoms with E-state index in [4.69, 9.17) is 5.11 Å². The van der Waals surface area contributed by atoms with Crippen LogP contribution in [0.15, 0.2) is 0 Å². The lowest BCUT2D eigenvalue weighted by molar-refractivity contribution is 0.0521. The zero-order valence-electron chi connectivity index (χ0n) is 6.51. The van der Waals surface area contributed by atoms with Gasteiger partial charge in [-0.1, -0.05) is 0 Å². The molecule has 0 unspecified atom stereocenters. The Morgan fingerprint density at radius 3 is 1.80 bits per heavy atom. The second-order valence-corrected chi connectivity index (χ2v) is 3.37. The van der Waals surface area contributed by atoms with Crippen molar-refractivity contribution in [1.82, 2.24) is 0 Å². The van der Waals surface area contributed by atoms with Crippen LogP contribution in [0.3, 0.4) is 0 Å². The van der Waals surface area contributed by atoms with Crippen molar-refractivity contribution >= 4 is 0 Å². The molecule has 10 heavy (non-hydrogen) atoms. The van der Waals surface area contributed by atoms with Crippen molar-refractivity contribution in [3.8, 4) is 0 Å². The van der Waals surface area contributed by atoms with Crippen molar-refractivity contribution in [2.75, 3.05) is 7.11 Å². The standard InChI is InChI=1S/C7H12O.CH4O/c8-7-3-1-6(5-7)2-4-7;1-2/h6,8H,1-5H2;2H,1H3. The van der Waals surface area contributed by atoms with Gasteiger partial charge in [-0.3, -0.25) is 0 Å². The van der Waals surface area contributed by atoms with Crippen LogP contribution in [0.4, 0.5) is 0 Å². The molecule has 0 aromatic heterocycles. The van der Waals surface area contributed by atoms with Gasteiger partial charge in [0.1, 0.15) is 0 Å². The van der Waals surface area contributed by atoms with Gasteiger partial charge in [-0.15, -0.1) is 0 Å². The molecule has 0 aliphatic heterocycles. The van der Waals surface area contributed by atoms with E-state index in [1.165, 1.54) is 12.8 Å². The highest BCUT2D eigenvalue weighted by Gasteiger charge is 2.42. The van der Waals surface area contributed by atoms with Gasteiger partial charge in [0, 0.05) is 7.11 Å². The summed E-state index contributed by atoms with van der Waals surface area (Å²) in [5.41, 5.74) is -0.190. The van der Waals surface area contributed by atoms with E-state index in [0.29, 0.717) is 0 Å². The second-order valence-electron chi connectivity index (χ2n) is 3.37. The molecule has 2 bridgehead atoms. The highest BCUT2D eigenvalue weighted by molar-refractivity contribution is 4.95. The van der Waals surface area contributed by atoms with Crippen LogP contribution in [-0.4, -0.2) is 22.9 Å².